The number of aromatic nitrogens is 2. The lowest BCUT2D eigenvalue weighted by atomic mass is 10.0. The Morgan fingerprint density at radius 3 is 3.06 bits per heavy atom. The molecule has 0 saturated heterocycles. The van der Waals surface area contributed by atoms with E-state index in [2.05, 4.69) is 5.10 Å². The molecule has 2 N–H and O–H groups in total. The minimum Gasteiger partial charge on any atom is -0.330 e. The van der Waals surface area contributed by atoms with Crippen LogP contribution in [0.5, 0.6) is 0 Å². The third-order valence-electron chi connectivity index (χ3n) is 3.39. The summed E-state index contributed by atoms with van der Waals surface area (Å²) in [7, 11) is 1.86. The second-order valence-corrected chi connectivity index (χ2v) is 4.53. The highest BCUT2D eigenvalue weighted by Gasteiger charge is 2.39. The summed E-state index contributed by atoms with van der Waals surface area (Å²) in [6, 6.07) is 3.24. The number of hydrogen-bond donors (Lipinski definition) is 1. The smallest absolute Gasteiger partial charge is 0.127 e. The van der Waals surface area contributed by atoms with E-state index >= 15 is 0 Å². The summed E-state index contributed by atoms with van der Waals surface area (Å²) < 4.78 is 15.6. The van der Waals surface area contributed by atoms with Crippen molar-refractivity contribution < 1.29 is 4.39 Å². The second-order valence-electron chi connectivity index (χ2n) is 4.53. The fourth-order valence-electron chi connectivity index (χ4n) is 2.45. The first kappa shape index (κ1) is 9.78. The fourth-order valence-corrected chi connectivity index (χ4v) is 2.45. The first-order valence-corrected chi connectivity index (χ1v) is 5.52. The molecule has 1 fully saturated rings. The molecule has 0 bridgehead atoms. The standard InChI is InChI=1S/C12H14FN3/c1-16-6-9-11(15-16)3-2-10(13)12(9)8-4-7(8)5-14/h2-3,6-8H,4-5,14H2,1H3/t7-,8+/m1/s1. The van der Waals surface area contributed by atoms with E-state index in [0.29, 0.717) is 12.5 Å². The summed E-state index contributed by atoms with van der Waals surface area (Å²) in [6.07, 6.45) is 2.89. The minimum absolute atomic E-state index is 0.124. The van der Waals surface area contributed by atoms with Crippen LogP contribution in [0.25, 0.3) is 10.9 Å². The molecule has 1 heterocycles. The number of benzene rings is 1. The van der Waals surface area contributed by atoms with Crippen molar-refractivity contribution in [2.24, 2.45) is 18.7 Å². The van der Waals surface area contributed by atoms with Gasteiger partial charge in [-0.3, -0.25) is 4.68 Å². The highest BCUT2D eigenvalue weighted by atomic mass is 19.1. The van der Waals surface area contributed by atoms with Crippen LogP contribution in [0.2, 0.25) is 0 Å². The molecule has 4 heteroatoms. The summed E-state index contributed by atoms with van der Waals surface area (Å²) in [5, 5.41) is 5.23. The molecule has 2 atom stereocenters. The normalized spacial score (nSPS) is 23.9. The van der Waals surface area contributed by atoms with Gasteiger partial charge in [-0.25, -0.2) is 4.39 Å². The molecule has 1 aromatic heterocycles. The van der Waals surface area contributed by atoms with Crippen molar-refractivity contribution in [2.75, 3.05) is 6.54 Å². The lowest BCUT2D eigenvalue weighted by Gasteiger charge is -2.03. The first-order valence-electron chi connectivity index (χ1n) is 5.52. The monoisotopic (exact) mass is 219 g/mol. The summed E-state index contributed by atoms with van der Waals surface area (Å²) in [5.74, 6) is 0.611. The van der Waals surface area contributed by atoms with Gasteiger partial charge in [0.15, 0.2) is 0 Å². The zero-order valence-electron chi connectivity index (χ0n) is 9.15. The average Bonchev–Trinajstić information content (AvgIpc) is 2.92. The Morgan fingerprint density at radius 1 is 1.56 bits per heavy atom. The molecule has 2 aromatic rings. The molecule has 84 valence electrons. The van der Waals surface area contributed by atoms with E-state index in [1.165, 1.54) is 6.07 Å². The summed E-state index contributed by atoms with van der Waals surface area (Å²) in [4.78, 5) is 0. The number of nitrogens with zero attached hydrogens (tertiary/aromatic N) is 2. The van der Waals surface area contributed by atoms with Crippen LogP contribution in [0.15, 0.2) is 18.3 Å². The maximum absolute atomic E-state index is 13.9. The Bertz CT molecular complexity index is 546. The Hall–Kier alpha value is -1.42. The van der Waals surface area contributed by atoms with Gasteiger partial charge in [-0.1, -0.05) is 0 Å². The fraction of sp³-hybridized carbons (Fsp3) is 0.417. The lowest BCUT2D eigenvalue weighted by molar-refractivity contribution is 0.609. The molecule has 0 amide bonds. The van der Waals surface area contributed by atoms with Gasteiger partial charge in [-0.05, 0) is 36.9 Å². The maximum atomic E-state index is 13.9. The van der Waals surface area contributed by atoms with Crippen LogP contribution >= 0.6 is 0 Å². The molecule has 1 aliphatic rings. The molecular formula is C12H14FN3. The number of aryl methyl sites for hydroxylation is 1. The zero-order chi connectivity index (χ0) is 11.3. The van der Waals surface area contributed by atoms with Gasteiger partial charge in [0.2, 0.25) is 0 Å². The van der Waals surface area contributed by atoms with Crippen molar-refractivity contribution in [1.82, 2.24) is 9.78 Å². The van der Waals surface area contributed by atoms with Crippen molar-refractivity contribution in [2.45, 2.75) is 12.3 Å². The number of hydrogen-bond acceptors (Lipinski definition) is 2. The Balaban J connectivity index is 2.17. The summed E-state index contributed by atoms with van der Waals surface area (Å²) >= 11 is 0. The van der Waals surface area contributed by atoms with Gasteiger partial charge in [0.05, 0.1) is 5.52 Å². The minimum atomic E-state index is -0.124. The van der Waals surface area contributed by atoms with Crippen LogP contribution in [0.1, 0.15) is 17.9 Å². The van der Waals surface area contributed by atoms with Gasteiger partial charge in [0, 0.05) is 24.2 Å². The van der Waals surface area contributed by atoms with Gasteiger partial charge in [-0.15, -0.1) is 0 Å². The van der Waals surface area contributed by atoms with Crippen LogP contribution in [0.3, 0.4) is 0 Å². The van der Waals surface area contributed by atoms with Crippen molar-refractivity contribution in [3.8, 4) is 0 Å². The van der Waals surface area contributed by atoms with E-state index in [9.17, 15) is 4.39 Å². The van der Waals surface area contributed by atoms with Crippen LogP contribution in [-0.2, 0) is 7.05 Å². The molecule has 1 aliphatic carbocycles. The lowest BCUT2D eigenvalue weighted by Crippen LogP contribution is -2.02. The number of nitrogens with two attached hydrogens (primary N) is 1. The third-order valence-corrected chi connectivity index (χ3v) is 3.39. The van der Waals surface area contributed by atoms with Crippen molar-refractivity contribution in [3.05, 3.63) is 29.7 Å². The third kappa shape index (κ3) is 1.33. The van der Waals surface area contributed by atoms with Crippen LogP contribution in [0, 0.1) is 11.7 Å². The van der Waals surface area contributed by atoms with Gasteiger partial charge < -0.3 is 5.73 Å². The summed E-state index contributed by atoms with van der Waals surface area (Å²) in [6.45, 7) is 0.640. The van der Waals surface area contributed by atoms with Gasteiger partial charge in [0.25, 0.3) is 0 Å². The quantitative estimate of drug-likeness (QED) is 0.836. The highest BCUT2D eigenvalue weighted by Crippen LogP contribution is 2.49. The van der Waals surface area contributed by atoms with E-state index in [0.717, 1.165) is 22.9 Å². The van der Waals surface area contributed by atoms with E-state index in [1.54, 1.807) is 10.7 Å². The highest BCUT2D eigenvalue weighted by molar-refractivity contribution is 5.83. The second kappa shape index (κ2) is 3.28. The van der Waals surface area contributed by atoms with Crippen molar-refractivity contribution >= 4 is 10.9 Å². The maximum Gasteiger partial charge on any atom is 0.127 e. The molecule has 1 saturated carbocycles. The largest absolute Gasteiger partial charge is 0.330 e. The van der Waals surface area contributed by atoms with Gasteiger partial charge in [0.1, 0.15) is 5.82 Å². The Morgan fingerprint density at radius 2 is 2.38 bits per heavy atom. The van der Waals surface area contributed by atoms with Gasteiger partial charge in [-0.2, -0.15) is 5.10 Å². The molecule has 3 nitrogen and oxygen atoms in total. The van der Waals surface area contributed by atoms with Crippen molar-refractivity contribution in [1.29, 1.82) is 0 Å². The molecule has 0 aliphatic heterocycles. The van der Waals surface area contributed by atoms with Crippen molar-refractivity contribution in [3.63, 3.8) is 0 Å². The molecule has 3 rings (SSSR count). The van der Waals surface area contributed by atoms with Crippen LogP contribution < -0.4 is 5.73 Å². The molecule has 1 aromatic carbocycles. The Labute approximate surface area is 93.0 Å². The first-order chi connectivity index (χ1) is 7.70. The molecule has 0 radical (unpaired) electrons. The SMILES string of the molecule is Cn1cc2c([C@H]3C[C@@H]3CN)c(F)ccc2n1. The zero-order valence-corrected chi connectivity index (χ0v) is 9.15. The summed E-state index contributed by atoms with van der Waals surface area (Å²) in [5.41, 5.74) is 7.29. The molecular weight excluding hydrogens is 205 g/mol. The van der Waals surface area contributed by atoms with Crippen LogP contribution in [-0.4, -0.2) is 16.3 Å². The average molecular weight is 219 g/mol. The topological polar surface area (TPSA) is 43.8 Å². The van der Waals surface area contributed by atoms with E-state index in [1.807, 2.05) is 13.2 Å². The van der Waals surface area contributed by atoms with E-state index in [4.69, 9.17) is 5.73 Å². The van der Waals surface area contributed by atoms with E-state index < -0.39 is 0 Å². The predicted molar refractivity (Wildman–Crippen MR) is 60.6 cm³/mol. The molecule has 16 heavy (non-hydrogen) atoms. The Kier molecular flexibility index (Phi) is 2.01. The number of halogens is 1. The molecule has 0 unspecified atom stereocenters. The molecule has 0 spiro atoms. The predicted octanol–water partition coefficient (Wildman–Crippen LogP) is 1.77. The van der Waals surface area contributed by atoms with Gasteiger partial charge >= 0.3 is 0 Å². The number of rotatable bonds is 2. The number of fused-ring (bicyclic) bond motifs is 1. The van der Waals surface area contributed by atoms with Crippen LogP contribution in [0.4, 0.5) is 4.39 Å². The van der Waals surface area contributed by atoms with E-state index in [-0.39, 0.29) is 11.7 Å².